The lowest BCUT2D eigenvalue weighted by Crippen LogP contribution is -2.14. The first kappa shape index (κ1) is 13.1. The van der Waals surface area contributed by atoms with E-state index in [9.17, 15) is 0 Å². The fraction of sp³-hybridized carbons (Fsp3) is 1.00. The Bertz CT molecular complexity index is 194. The van der Waals surface area contributed by atoms with Gasteiger partial charge in [-0.05, 0) is 41.4 Å². The number of hydrogen-bond acceptors (Lipinski definition) is 0. The van der Waals surface area contributed by atoms with Gasteiger partial charge in [-0.2, -0.15) is 0 Å². The van der Waals surface area contributed by atoms with E-state index < -0.39 is 0 Å². The van der Waals surface area contributed by atoms with E-state index in [1.54, 1.807) is 0 Å². The minimum atomic E-state index is 0.853. The topological polar surface area (TPSA) is 0 Å². The number of rotatable bonds is 5. The van der Waals surface area contributed by atoms with Crippen LogP contribution in [0, 0.1) is 41.4 Å². The molecule has 1 saturated carbocycles. The van der Waals surface area contributed by atoms with Crippen LogP contribution in [0.5, 0.6) is 0 Å². The van der Waals surface area contributed by atoms with Crippen molar-refractivity contribution in [2.45, 2.75) is 54.9 Å². The molecule has 0 N–H and O–H groups in total. The normalized spacial score (nSPS) is 36.4. The van der Waals surface area contributed by atoms with Crippen LogP contribution in [0.15, 0.2) is 0 Å². The average Bonchev–Trinajstić information content (AvgIpc) is 2.86. The molecule has 0 aromatic heterocycles. The summed E-state index contributed by atoms with van der Waals surface area (Å²) >= 11 is 0. The lowest BCUT2D eigenvalue weighted by Gasteiger charge is -2.21. The quantitative estimate of drug-likeness (QED) is 0.609. The second kappa shape index (κ2) is 4.89. The molecule has 0 aromatic rings. The van der Waals surface area contributed by atoms with Crippen LogP contribution in [0.4, 0.5) is 0 Å². The summed E-state index contributed by atoms with van der Waals surface area (Å²) < 4.78 is 0. The van der Waals surface area contributed by atoms with E-state index in [2.05, 4.69) is 48.5 Å². The van der Waals surface area contributed by atoms with Crippen LogP contribution in [0.25, 0.3) is 0 Å². The molecule has 0 heterocycles. The maximum atomic E-state index is 2.47. The van der Waals surface area contributed by atoms with E-state index in [-0.39, 0.29) is 0 Å². The summed E-state index contributed by atoms with van der Waals surface area (Å²) in [7, 11) is 0. The van der Waals surface area contributed by atoms with Crippen molar-refractivity contribution in [3.8, 4) is 0 Å². The Morgan fingerprint density at radius 3 is 1.73 bits per heavy atom. The van der Waals surface area contributed by atoms with Gasteiger partial charge < -0.3 is 0 Å². The highest BCUT2D eigenvalue weighted by atomic mass is 14.6. The second-order valence-corrected chi connectivity index (χ2v) is 6.36. The van der Waals surface area contributed by atoms with Crippen molar-refractivity contribution in [1.29, 1.82) is 0 Å². The molecule has 0 heteroatoms. The van der Waals surface area contributed by atoms with Crippen molar-refractivity contribution < 1.29 is 0 Å². The average molecular weight is 210 g/mol. The Hall–Kier alpha value is 0. The molecule has 0 nitrogen and oxygen atoms in total. The standard InChI is InChI=1S/C15H30/c1-8-10(4)12(6)15-13(7)14(15)11(5)9(2)3/h9-15H,8H2,1-7H3. The monoisotopic (exact) mass is 210 g/mol. The Labute approximate surface area is 96.8 Å². The highest BCUT2D eigenvalue weighted by Gasteiger charge is 2.52. The molecule has 0 radical (unpaired) electrons. The third-order valence-corrected chi connectivity index (χ3v) is 5.33. The first-order chi connectivity index (χ1) is 6.91. The Balaban J connectivity index is 2.53. The molecule has 1 fully saturated rings. The van der Waals surface area contributed by atoms with E-state index in [4.69, 9.17) is 0 Å². The third-order valence-electron chi connectivity index (χ3n) is 5.33. The Morgan fingerprint density at radius 2 is 1.33 bits per heavy atom. The summed E-state index contributed by atoms with van der Waals surface area (Å²) in [5, 5.41) is 0. The molecule has 1 aliphatic carbocycles. The Kier molecular flexibility index (Phi) is 4.26. The molecule has 0 aromatic carbocycles. The molecule has 0 aliphatic heterocycles. The van der Waals surface area contributed by atoms with Gasteiger partial charge in [-0.25, -0.2) is 0 Å². The minimum Gasteiger partial charge on any atom is -0.0651 e. The molecule has 1 rings (SSSR count). The summed E-state index contributed by atoms with van der Waals surface area (Å²) in [4.78, 5) is 0. The van der Waals surface area contributed by atoms with Gasteiger partial charge in [-0.15, -0.1) is 0 Å². The van der Waals surface area contributed by atoms with Crippen molar-refractivity contribution in [1.82, 2.24) is 0 Å². The fourth-order valence-electron chi connectivity index (χ4n) is 3.38. The summed E-state index contributed by atoms with van der Waals surface area (Å²) in [6, 6.07) is 0. The van der Waals surface area contributed by atoms with Gasteiger partial charge in [0.15, 0.2) is 0 Å². The van der Waals surface area contributed by atoms with Crippen LogP contribution in [0.2, 0.25) is 0 Å². The molecular formula is C15H30. The van der Waals surface area contributed by atoms with Crippen LogP contribution < -0.4 is 0 Å². The van der Waals surface area contributed by atoms with Gasteiger partial charge in [0.2, 0.25) is 0 Å². The van der Waals surface area contributed by atoms with Crippen molar-refractivity contribution in [2.75, 3.05) is 0 Å². The molecule has 6 atom stereocenters. The fourth-order valence-corrected chi connectivity index (χ4v) is 3.38. The second-order valence-electron chi connectivity index (χ2n) is 6.36. The lowest BCUT2D eigenvalue weighted by atomic mass is 9.84. The molecule has 90 valence electrons. The maximum absolute atomic E-state index is 2.47. The summed E-state index contributed by atoms with van der Waals surface area (Å²) in [5.41, 5.74) is 0. The summed E-state index contributed by atoms with van der Waals surface area (Å²) in [5.74, 6) is 6.60. The Morgan fingerprint density at radius 1 is 0.867 bits per heavy atom. The first-order valence-corrected chi connectivity index (χ1v) is 6.91. The molecule has 0 spiro atoms. The predicted octanol–water partition coefficient (Wildman–Crippen LogP) is 4.84. The zero-order chi connectivity index (χ0) is 11.7. The van der Waals surface area contributed by atoms with E-state index in [1.807, 2.05) is 0 Å². The highest BCUT2D eigenvalue weighted by molar-refractivity contribution is 5.00. The van der Waals surface area contributed by atoms with Crippen molar-refractivity contribution >= 4 is 0 Å². The third kappa shape index (κ3) is 2.57. The maximum Gasteiger partial charge on any atom is -0.0324 e. The molecule has 0 saturated heterocycles. The van der Waals surface area contributed by atoms with Crippen molar-refractivity contribution in [3.63, 3.8) is 0 Å². The molecule has 15 heavy (non-hydrogen) atoms. The molecular weight excluding hydrogens is 180 g/mol. The van der Waals surface area contributed by atoms with Crippen LogP contribution in [-0.2, 0) is 0 Å². The zero-order valence-electron chi connectivity index (χ0n) is 11.7. The lowest BCUT2D eigenvalue weighted by molar-refractivity contribution is 0.279. The highest BCUT2D eigenvalue weighted by Crippen LogP contribution is 2.57. The van der Waals surface area contributed by atoms with E-state index in [1.165, 1.54) is 6.42 Å². The SMILES string of the molecule is CCC(C)C(C)C1C(C)C1C(C)C(C)C. The molecule has 0 amide bonds. The van der Waals surface area contributed by atoms with Gasteiger partial charge in [0.25, 0.3) is 0 Å². The van der Waals surface area contributed by atoms with Gasteiger partial charge in [0.1, 0.15) is 0 Å². The molecule has 1 aliphatic rings. The first-order valence-electron chi connectivity index (χ1n) is 6.91. The van der Waals surface area contributed by atoms with Crippen LogP contribution in [0.1, 0.15) is 54.9 Å². The number of hydrogen-bond donors (Lipinski definition) is 0. The van der Waals surface area contributed by atoms with Crippen molar-refractivity contribution in [3.05, 3.63) is 0 Å². The largest absolute Gasteiger partial charge is 0.0651 e. The van der Waals surface area contributed by atoms with Crippen LogP contribution in [-0.4, -0.2) is 0 Å². The van der Waals surface area contributed by atoms with Gasteiger partial charge in [-0.1, -0.05) is 54.9 Å². The predicted molar refractivity (Wildman–Crippen MR) is 68.8 cm³/mol. The summed E-state index contributed by atoms with van der Waals surface area (Å²) in [6.07, 6.45) is 1.34. The van der Waals surface area contributed by atoms with Crippen LogP contribution >= 0.6 is 0 Å². The van der Waals surface area contributed by atoms with Gasteiger partial charge in [0.05, 0.1) is 0 Å². The van der Waals surface area contributed by atoms with E-state index in [0.29, 0.717) is 0 Å². The molecule has 6 unspecified atom stereocenters. The summed E-state index contributed by atoms with van der Waals surface area (Å²) in [6.45, 7) is 16.9. The van der Waals surface area contributed by atoms with Gasteiger partial charge >= 0.3 is 0 Å². The van der Waals surface area contributed by atoms with Crippen LogP contribution in [0.3, 0.4) is 0 Å². The van der Waals surface area contributed by atoms with E-state index in [0.717, 1.165) is 41.4 Å². The smallest absolute Gasteiger partial charge is 0.0324 e. The van der Waals surface area contributed by atoms with Gasteiger partial charge in [0, 0.05) is 0 Å². The van der Waals surface area contributed by atoms with Crippen molar-refractivity contribution in [2.24, 2.45) is 41.4 Å². The molecule has 0 bridgehead atoms. The van der Waals surface area contributed by atoms with Gasteiger partial charge in [-0.3, -0.25) is 0 Å². The van der Waals surface area contributed by atoms with E-state index >= 15 is 0 Å². The minimum absolute atomic E-state index is 0.853. The zero-order valence-corrected chi connectivity index (χ0v) is 11.7.